The molecule has 0 unspecified atom stereocenters. The molecule has 0 aliphatic rings. The van der Waals surface area contributed by atoms with Gasteiger partial charge >= 0.3 is 0 Å². The van der Waals surface area contributed by atoms with Crippen LogP contribution in [-0.2, 0) is 6.54 Å². The van der Waals surface area contributed by atoms with E-state index in [2.05, 4.69) is 9.97 Å². The Kier molecular flexibility index (Phi) is 6.75. The quantitative estimate of drug-likeness (QED) is 0.175. The van der Waals surface area contributed by atoms with Crippen LogP contribution in [0.1, 0.15) is 15.9 Å². The maximum absolute atomic E-state index is 11.8. The van der Waals surface area contributed by atoms with Crippen LogP contribution in [-0.4, -0.2) is 51.1 Å². The molecule has 192 valence electrons. The lowest BCUT2D eigenvalue weighted by Crippen LogP contribution is -2.31. The number of phenols is 1. The SMILES string of the molecule is COc1ccccc1N(C)/C(Cn1nc(-c2cccc(O)c2)c2c(N)ncnc21)=N\c1scc(C)c1C=O. The number of fused-ring (bicyclic) bond motifs is 1. The molecule has 0 saturated heterocycles. The van der Waals surface area contributed by atoms with Crippen LogP contribution in [0.2, 0.25) is 0 Å². The summed E-state index contributed by atoms with van der Waals surface area (Å²) in [5.74, 6) is 1.63. The number of benzene rings is 2. The number of carbonyl (C=O) groups is 1. The van der Waals surface area contributed by atoms with Gasteiger partial charge in [-0.2, -0.15) is 5.10 Å². The van der Waals surface area contributed by atoms with Gasteiger partial charge in [-0.3, -0.25) is 4.79 Å². The Labute approximate surface area is 222 Å². The van der Waals surface area contributed by atoms with Crippen LogP contribution in [0.5, 0.6) is 11.5 Å². The van der Waals surface area contributed by atoms with Crippen molar-refractivity contribution in [2.45, 2.75) is 13.5 Å². The predicted octanol–water partition coefficient (Wildman–Crippen LogP) is 4.84. The number of nitrogens with zero attached hydrogens (tertiary/aromatic N) is 6. The van der Waals surface area contributed by atoms with E-state index in [1.807, 2.05) is 54.6 Å². The van der Waals surface area contributed by atoms with Crippen molar-refractivity contribution in [3.05, 3.63) is 71.4 Å². The summed E-state index contributed by atoms with van der Waals surface area (Å²) < 4.78 is 7.28. The van der Waals surface area contributed by atoms with Crippen molar-refractivity contribution >= 4 is 51.0 Å². The summed E-state index contributed by atoms with van der Waals surface area (Å²) in [5.41, 5.74) is 10.2. The number of nitrogen functional groups attached to an aromatic ring is 1. The van der Waals surface area contributed by atoms with Crippen LogP contribution in [0.15, 0.2) is 65.2 Å². The van der Waals surface area contributed by atoms with Crippen molar-refractivity contribution in [3.63, 3.8) is 0 Å². The molecule has 0 aliphatic carbocycles. The number of rotatable bonds is 7. The number of aromatic hydroxyl groups is 1. The average molecular weight is 528 g/mol. The summed E-state index contributed by atoms with van der Waals surface area (Å²) in [7, 11) is 3.49. The minimum atomic E-state index is 0.105. The van der Waals surface area contributed by atoms with Gasteiger partial charge in [0.1, 0.15) is 46.7 Å². The second-order valence-corrected chi connectivity index (χ2v) is 9.39. The lowest BCUT2D eigenvalue weighted by molar-refractivity contribution is 0.112. The average Bonchev–Trinajstić information content (AvgIpc) is 3.48. The number of nitrogens with two attached hydrogens (primary N) is 1. The molecule has 3 aromatic heterocycles. The van der Waals surface area contributed by atoms with E-state index in [0.717, 1.165) is 17.5 Å². The number of aryl methyl sites for hydroxylation is 1. The minimum Gasteiger partial charge on any atom is -0.508 e. The summed E-state index contributed by atoms with van der Waals surface area (Å²) in [4.78, 5) is 27.3. The predicted molar refractivity (Wildman–Crippen MR) is 150 cm³/mol. The van der Waals surface area contributed by atoms with E-state index in [4.69, 9.17) is 20.6 Å². The van der Waals surface area contributed by atoms with E-state index in [1.54, 1.807) is 30.0 Å². The van der Waals surface area contributed by atoms with Crippen molar-refractivity contribution in [2.24, 2.45) is 4.99 Å². The molecule has 0 bridgehead atoms. The first-order valence-corrected chi connectivity index (χ1v) is 12.5. The molecule has 11 heteroatoms. The highest BCUT2D eigenvalue weighted by molar-refractivity contribution is 7.14. The number of carbonyl (C=O) groups excluding carboxylic acids is 1. The molecule has 0 aliphatic heterocycles. The second kappa shape index (κ2) is 10.3. The first-order valence-electron chi connectivity index (χ1n) is 11.6. The van der Waals surface area contributed by atoms with Crippen molar-refractivity contribution in [1.29, 1.82) is 0 Å². The van der Waals surface area contributed by atoms with Gasteiger partial charge < -0.3 is 20.5 Å². The number of methoxy groups -OCH3 is 1. The molecule has 0 saturated carbocycles. The molecule has 3 N–H and O–H groups in total. The second-order valence-electron chi connectivity index (χ2n) is 8.53. The number of hydrogen-bond acceptors (Lipinski definition) is 9. The Hall–Kier alpha value is -4.77. The van der Waals surface area contributed by atoms with Gasteiger partial charge in [-0.1, -0.05) is 24.3 Å². The molecule has 2 aromatic carbocycles. The topological polar surface area (TPSA) is 132 Å². The van der Waals surface area contributed by atoms with E-state index in [9.17, 15) is 9.90 Å². The molecule has 38 heavy (non-hydrogen) atoms. The molecular formula is C27H25N7O3S. The van der Waals surface area contributed by atoms with Gasteiger partial charge in [0, 0.05) is 12.6 Å². The number of hydrogen-bond donors (Lipinski definition) is 2. The van der Waals surface area contributed by atoms with Crippen molar-refractivity contribution in [3.8, 4) is 22.8 Å². The zero-order valence-corrected chi connectivity index (χ0v) is 21.8. The van der Waals surface area contributed by atoms with Crippen LogP contribution in [0, 0.1) is 6.92 Å². The number of ether oxygens (including phenoxy) is 1. The standard InChI is InChI=1S/C27H25N7O3S/c1-16-14-38-27(19(16)13-35)31-22(33(2)20-9-4-5-10-21(20)37-3)12-34-26-23(25(28)29-15-30-26)24(32-34)17-7-6-8-18(36)11-17/h4-11,13-15,36H,12H2,1-3H3,(H2,28,29,30)/b31-22-. The highest BCUT2D eigenvalue weighted by Gasteiger charge is 2.22. The van der Waals surface area contributed by atoms with E-state index >= 15 is 0 Å². The van der Waals surface area contributed by atoms with Gasteiger partial charge in [0.2, 0.25) is 0 Å². The Bertz CT molecular complexity index is 1670. The number of para-hydroxylation sites is 2. The first kappa shape index (κ1) is 24.9. The summed E-state index contributed by atoms with van der Waals surface area (Å²) in [6, 6.07) is 14.4. The number of anilines is 2. The normalized spacial score (nSPS) is 11.6. The summed E-state index contributed by atoms with van der Waals surface area (Å²) in [6.45, 7) is 2.07. The molecule has 0 spiro atoms. The lowest BCUT2D eigenvalue weighted by atomic mass is 10.1. The third kappa shape index (κ3) is 4.55. The van der Waals surface area contributed by atoms with Crippen LogP contribution < -0.4 is 15.4 Å². The molecule has 5 aromatic rings. The van der Waals surface area contributed by atoms with Crippen LogP contribution in [0.25, 0.3) is 22.3 Å². The van der Waals surface area contributed by atoms with Crippen molar-refractivity contribution < 1.29 is 14.6 Å². The largest absolute Gasteiger partial charge is 0.508 e. The third-order valence-electron chi connectivity index (χ3n) is 6.15. The molecule has 0 amide bonds. The van der Waals surface area contributed by atoms with E-state index in [0.29, 0.717) is 44.4 Å². The van der Waals surface area contributed by atoms with Crippen molar-refractivity contribution in [1.82, 2.24) is 19.7 Å². The van der Waals surface area contributed by atoms with Crippen molar-refractivity contribution in [2.75, 3.05) is 24.8 Å². The summed E-state index contributed by atoms with van der Waals surface area (Å²) >= 11 is 1.39. The number of likely N-dealkylation sites (N-methyl/N-ethyl adjacent to an activating group) is 1. The number of aromatic nitrogens is 4. The van der Waals surface area contributed by atoms with Gasteiger partial charge in [0.15, 0.2) is 11.9 Å². The smallest absolute Gasteiger partial charge is 0.164 e. The molecule has 0 atom stereocenters. The lowest BCUT2D eigenvalue weighted by Gasteiger charge is -2.23. The molecule has 3 heterocycles. The zero-order valence-electron chi connectivity index (χ0n) is 21.0. The monoisotopic (exact) mass is 527 g/mol. The maximum Gasteiger partial charge on any atom is 0.164 e. The Balaban J connectivity index is 1.69. The number of thiophene rings is 1. The number of aldehydes is 1. The van der Waals surface area contributed by atoms with E-state index in [-0.39, 0.29) is 18.1 Å². The number of amidine groups is 1. The fourth-order valence-corrected chi connectivity index (χ4v) is 5.09. The Morgan fingerprint density at radius 2 is 2.05 bits per heavy atom. The van der Waals surface area contributed by atoms with Crippen LogP contribution >= 0.6 is 11.3 Å². The highest BCUT2D eigenvalue weighted by Crippen LogP contribution is 2.34. The molecular weight excluding hydrogens is 502 g/mol. The third-order valence-corrected chi connectivity index (χ3v) is 7.16. The number of aliphatic imine (C=N–C) groups is 1. The molecule has 0 radical (unpaired) electrons. The summed E-state index contributed by atoms with van der Waals surface area (Å²) in [6.07, 6.45) is 2.21. The minimum absolute atomic E-state index is 0.105. The van der Waals surface area contributed by atoms with Crippen LogP contribution in [0.3, 0.4) is 0 Å². The number of phenolic OH excluding ortho intramolecular Hbond substituents is 1. The molecule has 5 rings (SSSR count). The Morgan fingerprint density at radius 1 is 1.24 bits per heavy atom. The van der Waals surface area contributed by atoms with Crippen LogP contribution in [0.4, 0.5) is 16.5 Å². The van der Waals surface area contributed by atoms with Gasteiger partial charge in [-0.25, -0.2) is 19.6 Å². The maximum atomic E-state index is 11.8. The van der Waals surface area contributed by atoms with Gasteiger partial charge in [-0.15, -0.1) is 11.3 Å². The Morgan fingerprint density at radius 3 is 2.82 bits per heavy atom. The molecule has 0 fully saturated rings. The zero-order chi connectivity index (χ0) is 26.8. The van der Waals surface area contributed by atoms with E-state index < -0.39 is 0 Å². The van der Waals surface area contributed by atoms with E-state index in [1.165, 1.54) is 17.7 Å². The highest BCUT2D eigenvalue weighted by atomic mass is 32.1. The first-order chi connectivity index (χ1) is 18.4. The van der Waals surface area contributed by atoms with Gasteiger partial charge in [0.05, 0.1) is 23.7 Å². The van der Waals surface area contributed by atoms with Gasteiger partial charge in [-0.05, 0) is 42.1 Å². The molecule has 10 nitrogen and oxygen atoms in total. The fourth-order valence-electron chi connectivity index (χ4n) is 4.18. The fraction of sp³-hybridized carbons (Fsp3) is 0.148. The summed E-state index contributed by atoms with van der Waals surface area (Å²) in [5, 5.41) is 18.0. The van der Waals surface area contributed by atoms with Gasteiger partial charge in [0.25, 0.3) is 0 Å².